The van der Waals surface area contributed by atoms with Crippen LogP contribution in [0.2, 0.25) is 0 Å². The fourth-order valence-electron chi connectivity index (χ4n) is 3.00. The molecule has 3 rings (SSSR count). The number of nitrogens with zero attached hydrogens (tertiary/aromatic N) is 1. The van der Waals surface area contributed by atoms with Crippen molar-refractivity contribution in [3.8, 4) is 0 Å². The molecule has 3 N–H and O–H groups in total. The van der Waals surface area contributed by atoms with Crippen LogP contribution >= 0.6 is 0 Å². The average Bonchev–Trinajstić information content (AvgIpc) is 2.40. The summed E-state index contributed by atoms with van der Waals surface area (Å²) in [6.07, 6.45) is 3.51. The third-order valence-electron chi connectivity index (χ3n) is 3.91. The predicted molar refractivity (Wildman–Crippen MR) is 72.6 cm³/mol. The number of hydrogen-bond acceptors (Lipinski definition) is 3. The Kier molecular flexibility index (Phi) is 2.96. The molecule has 2 aliphatic rings. The second-order valence-electron chi connectivity index (χ2n) is 5.13. The van der Waals surface area contributed by atoms with Crippen LogP contribution in [0.15, 0.2) is 18.2 Å². The Bertz CT molecular complexity index is 466. The molecule has 1 amide bonds. The highest BCUT2D eigenvalue weighted by Crippen LogP contribution is 2.32. The molecule has 0 aliphatic carbocycles. The molecule has 1 aromatic rings. The van der Waals surface area contributed by atoms with E-state index in [-0.39, 0.29) is 5.91 Å². The van der Waals surface area contributed by atoms with Crippen molar-refractivity contribution >= 4 is 17.3 Å². The number of carbonyl (C=O) groups is 1. The Balaban J connectivity index is 1.95. The normalized spacial score (nSPS) is 20.9. The summed E-state index contributed by atoms with van der Waals surface area (Å²) in [6.45, 7) is 2.00. The maximum Gasteiger partial charge on any atom is 0.227 e. The van der Waals surface area contributed by atoms with Gasteiger partial charge >= 0.3 is 0 Å². The molecule has 0 unspecified atom stereocenters. The molecule has 4 nitrogen and oxygen atoms in total. The quantitative estimate of drug-likeness (QED) is 0.733. The first-order valence-corrected chi connectivity index (χ1v) is 6.67. The van der Waals surface area contributed by atoms with Crippen LogP contribution in [0, 0.1) is 0 Å². The highest BCUT2D eigenvalue weighted by molar-refractivity contribution is 5.97. The Morgan fingerprint density at radius 1 is 1.22 bits per heavy atom. The fraction of sp³-hybridized carbons (Fsp3) is 0.500. The van der Waals surface area contributed by atoms with E-state index in [0.717, 1.165) is 43.7 Å². The maximum atomic E-state index is 12.2. The number of fused-ring (bicyclic) bond motifs is 1. The number of rotatable bonds is 1. The fourth-order valence-corrected chi connectivity index (χ4v) is 3.00. The summed E-state index contributed by atoms with van der Waals surface area (Å²) in [5, 5.41) is 3.34. The first-order valence-electron chi connectivity index (χ1n) is 6.67. The lowest BCUT2D eigenvalue weighted by molar-refractivity contribution is -0.119. The molecule has 0 atom stereocenters. The molecule has 1 saturated heterocycles. The summed E-state index contributed by atoms with van der Waals surface area (Å²) in [5.41, 5.74) is 8.90. The van der Waals surface area contributed by atoms with Gasteiger partial charge in [-0.15, -0.1) is 0 Å². The first-order chi connectivity index (χ1) is 8.75. The Labute approximate surface area is 107 Å². The van der Waals surface area contributed by atoms with E-state index in [1.807, 2.05) is 23.1 Å². The number of amides is 1. The lowest BCUT2D eigenvalue weighted by atomic mass is 9.95. The zero-order valence-electron chi connectivity index (χ0n) is 10.5. The molecule has 4 heteroatoms. The standard InChI is InChI=1S/C14H19N3O/c15-11-2-3-13-10(9-11)1-4-14(18)17(13)12-5-7-16-8-6-12/h2-3,9,12,16H,1,4-8,15H2. The van der Waals surface area contributed by atoms with Crippen LogP contribution in [0.5, 0.6) is 0 Å². The van der Waals surface area contributed by atoms with Gasteiger partial charge in [0.2, 0.25) is 5.91 Å². The van der Waals surface area contributed by atoms with Gasteiger partial charge in [0.25, 0.3) is 0 Å². The van der Waals surface area contributed by atoms with Crippen LogP contribution in [0.4, 0.5) is 11.4 Å². The number of piperidine rings is 1. The molecule has 1 aromatic carbocycles. The van der Waals surface area contributed by atoms with E-state index < -0.39 is 0 Å². The van der Waals surface area contributed by atoms with Crippen LogP contribution in [-0.2, 0) is 11.2 Å². The Hall–Kier alpha value is -1.55. The molecule has 1 fully saturated rings. The predicted octanol–water partition coefficient (Wildman–Crippen LogP) is 1.30. The first kappa shape index (κ1) is 11.5. The van der Waals surface area contributed by atoms with Crippen molar-refractivity contribution < 1.29 is 4.79 Å². The van der Waals surface area contributed by atoms with Gasteiger partial charge in [-0.05, 0) is 56.1 Å². The van der Waals surface area contributed by atoms with Crippen LogP contribution in [0.1, 0.15) is 24.8 Å². The van der Waals surface area contributed by atoms with Crippen molar-refractivity contribution in [1.29, 1.82) is 0 Å². The summed E-state index contributed by atoms with van der Waals surface area (Å²) in [6, 6.07) is 6.26. The number of anilines is 2. The highest BCUT2D eigenvalue weighted by atomic mass is 16.2. The van der Waals surface area contributed by atoms with Gasteiger partial charge in [-0.25, -0.2) is 0 Å². The number of benzene rings is 1. The zero-order valence-corrected chi connectivity index (χ0v) is 10.5. The molecule has 0 saturated carbocycles. The second kappa shape index (κ2) is 4.61. The molecular weight excluding hydrogens is 226 g/mol. The number of nitrogens with one attached hydrogen (secondary N) is 1. The summed E-state index contributed by atoms with van der Waals surface area (Å²) in [5.74, 6) is 0.263. The van der Waals surface area contributed by atoms with E-state index in [1.54, 1.807) is 0 Å². The van der Waals surface area contributed by atoms with Gasteiger partial charge < -0.3 is 16.0 Å². The monoisotopic (exact) mass is 245 g/mol. The summed E-state index contributed by atoms with van der Waals surface area (Å²) >= 11 is 0. The Morgan fingerprint density at radius 2 is 2.00 bits per heavy atom. The smallest absolute Gasteiger partial charge is 0.227 e. The number of carbonyl (C=O) groups excluding carboxylic acids is 1. The van der Waals surface area contributed by atoms with E-state index in [1.165, 1.54) is 5.56 Å². The molecule has 2 heterocycles. The molecule has 18 heavy (non-hydrogen) atoms. The van der Waals surface area contributed by atoms with Crippen LogP contribution in [0.25, 0.3) is 0 Å². The number of aryl methyl sites for hydroxylation is 1. The third kappa shape index (κ3) is 1.97. The number of nitrogen functional groups attached to an aromatic ring is 1. The summed E-state index contributed by atoms with van der Waals surface area (Å²) < 4.78 is 0. The van der Waals surface area contributed by atoms with Crippen molar-refractivity contribution in [3.05, 3.63) is 23.8 Å². The van der Waals surface area contributed by atoms with Crippen LogP contribution in [-0.4, -0.2) is 25.0 Å². The molecule has 0 bridgehead atoms. The van der Waals surface area contributed by atoms with E-state index in [9.17, 15) is 4.79 Å². The van der Waals surface area contributed by atoms with Crippen molar-refractivity contribution in [1.82, 2.24) is 5.32 Å². The van der Waals surface area contributed by atoms with E-state index in [2.05, 4.69) is 5.32 Å². The van der Waals surface area contributed by atoms with Crippen molar-refractivity contribution in [2.24, 2.45) is 0 Å². The van der Waals surface area contributed by atoms with Crippen molar-refractivity contribution in [2.45, 2.75) is 31.7 Å². The third-order valence-corrected chi connectivity index (χ3v) is 3.91. The van der Waals surface area contributed by atoms with E-state index >= 15 is 0 Å². The molecular formula is C14H19N3O. The minimum atomic E-state index is 0.263. The van der Waals surface area contributed by atoms with E-state index in [4.69, 9.17) is 5.73 Å². The summed E-state index contributed by atoms with van der Waals surface area (Å²) in [7, 11) is 0. The van der Waals surface area contributed by atoms with Crippen molar-refractivity contribution in [3.63, 3.8) is 0 Å². The minimum absolute atomic E-state index is 0.263. The maximum absolute atomic E-state index is 12.2. The second-order valence-corrected chi connectivity index (χ2v) is 5.13. The zero-order chi connectivity index (χ0) is 12.5. The largest absolute Gasteiger partial charge is 0.399 e. The molecule has 0 radical (unpaired) electrons. The lowest BCUT2D eigenvalue weighted by Crippen LogP contribution is -2.48. The van der Waals surface area contributed by atoms with Gasteiger partial charge in [-0.1, -0.05) is 0 Å². The van der Waals surface area contributed by atoms with Gasteiger partial charge in [0, 0.05) is 23.8 Å². The molecule has 96 valence electrons. The number of hydrogen-bond donors (Lipinski definition) is 2. The lowest BCUT2D eigenvalue weighted by Gasteiger charge is -2.38. The van der Waals surface area contributed by atoms with Gasteiger partial charge in [-0.3, -0.25) is 4.79 Å². The van der Waals surface area contributed by atoms with Crippen LogP contribution < -0.4 is 16.0 Å². The minimum Gasteiger partial charge on any atom is -0.399 e. The van der Waals surface area contributed by atoms with E-state index in [0.29, 0.717) is 12.5 Å². The topological polar surface area (TPSA) is 58.4 Å². The van der Waals surface area contributed by atoms with Gasteiger partial charge in [-0.2, -0.15) is 0 Å². The number of nitrogens with two attached hydrogens (primary N) is 1. The summed E-state index contributed by atoms with van der Waals surface area (Å²) in [4.78, 5) is 14.2. The molecule has 0 spiro atoms. The average molecular weight is 245 g/mol. The van der Waals surface area contributed by atoms with Gasteiger partial charge in [0.05, 0.1) is 0 Å². The van der Waals surface area contributed by atoms with Gasteiger partial charge in [0.1, 0.15) is 0 Å². The Morgan fingerprint density at radius 3 is 2.78 bits per heavy atom. The molecule has 2 aliphatic heterocycles. The van der Waals surface area contributed by atoms with Crippen LogP contribution in [0.3, 0.4) is 0 Å². The highest BCUT2D eigenvalue weighted by Gasteiger charge is 2.31. The van der Waals surface area contributed by atoms with Gasteiger partial charge in [0.15, 0.2) is 0 Å². The van der Waals surface area contributed by atoms with Crippen molar-refractivity contribution in [2.75, 3.05) is 23.7 Å². The molecule has 0 aromatic heterocycles. The SMILES string of the molecule is Nc1ccc2c(c1)CCC(=O)N2C1CCNCC1.